The van der Waals surface area contributed by atoms with Crippen molar-refractivity contribution in [3.8, 4) is 6.07 Å². The smallest absolute Gasteiger partial charge is 0.231 e. The van der Waals surface area contributed by atoms with E-state index in [0.717, 1.165) is 37.8 Å². The molecule has 0 saturated heterocycles. The number of benzene rings is 1. The van der Waals surface area contributed by atoms with Crippen LogP contribution >= 0.6 is 0 Å². The summed E-state index contributed by atoms with van der Waals surface area (Å²) in [4.78, 5) is 14.3. The number of carbonyl (C=O) groups is 1. The van der Waals surface area contributed by atoms with Gasteiger partial charge in [-0.1, -0.05) is 25.3 Å². The zero-order valence-corrected chi connectivity index (χ0v) is 11.9. The van der Waals surface area contributed by atoms with Crippen molar-refractivity contribution in [2.75, 3.05) is 11.9 Å². The van der Waals surface area contributed by atoms with E-state index >= 15 is 0 Å². The molecule has 2 N–H and O–H groups in total. The minimum Gasteiger partial charge on any atom is -0.327 e. The second kappa shape index (κ2) is 6.53. The average molecular weight is 271 g/mol. The molecular formula is C16H21N3O. The summed E-state index contributed by atoms with van der Waals surface area (Å²) in [6.07, 6.45) is 5.12. The number of hydrogen-bond donors (Lipinski definition) is 1. The fourth-order valence-corrected chi connectivity index (χ4v) is 2.80. The third-order valence-electron chi connectivity index (χ3n) is 4.08. The average Bonchev–Trinajstić information content (AvgIpc) is 2.70. The minimum atomic E-state index is -0.103. The van der Waals surface area contributed by atoms with Gasteiger partial charge in [0.1, 0.15) is 0 Å². The van der Waals surface area contributed by atoms with Crippen molar-refractivity contribution in [1.29, 1.82) is 5.26 Å². The Kier molecular flexibility index (Phi) is 4.75. The lowest BCUT2D eigenvalue weighted by atomic mass is 9.94. The molecule has 0 heterocycles. The highest BCUT2D eigenvalue weighted by Crippen LogP contribution is 2.26. The molecule has 0 aliphatic heterocycles. The predicted octanol–water partition coefficient (Wildman–Crippen LogP) is 2.43. The van der Waals surface area contributed by atoms with E-state index in [2.05, 4.69) is 6.07 Å². The summed E-state index contributed by atoms with van der Waals surface area (Å²) in [5, 5.41) is 8.94. The van der Waals surface area contributed by atoms with Crippen LogP contribution in [0.4, 0.5) is 5.69 Å². The zero-order chi connectivity index (χ0) is 14.5. The third kappa shape index (κ3) is 3.17. The lowest BCUT2D eigenvalue weighted by Gasteiger charge is -2.26. The Morgan fingerprint density at radius 1 is 1.35 bits per heavy atom. The first kappa shape index (κ1) is 14.5. The van der Waals surface area contributed by atoms with E-state index in [1.165, 1.54) is 0 Å². The van der Waals surface area contributed by atoms with Crippen molar-refractivity contribution in [2.24, 2.45) is 11.7 Å². The number of amides is 1. The molecule has 20 heavy (non-hydrogen) atoms. The number of nitrogens with zero attached hydrogens (tertiary/aromatic N) is 2. The van der Waals surface area contributed by atoms with E-state index in [-0.39, 0.29) is 17.9 Å². The normalized spacial score (nSPS) is 22.6. The van der Waals surface area contributed by atoms with Gasteiger partial charge in [-0.15, -0.1) is 0 Å². The van der Waals surface area contributed by atoms with Gasteiger partial charge in [-0.25, -0.2) is 0 Å². The van der Waals surface area contributed by atoms with Gasteiger partial charge in [0.2, 0.25) is 5.91 Å². The van der Waals surface area contributed by atoms with E-state index in [4.69, 9.17) is 11.0 Å². The van der Waals surface area contributed by atoms with Crippen LogP contribution in [-0.2, 0) is 4.79 Å². The maximum absolute atomic E-state index is 12.6. The highest BCUT2D eigenvalue weighted by Gasteiger charge is 2.29. The maximum atomic E-state index is 12.6. The Morgan fingerprint density at radius 3 is 2.85 bits per heavy atom. The molecular weight excluding hydrogens is 250 g/mol. The summed E-state index contributed by atoms with van der Waals surface area (Å²) in [7, 11) is 1.76. The van der Waals surface area contributed by atoms with Gasteiger partial charge in [-0.05, 0) is 31.0 Å². The molecule has 1 amide bonds. The van der Waals surface area contributed by atoms with Crippen molar-refractivity contribution < 1.29 is 4.79 Å². The standard InChI is InChI=1S/C16H21N3O/c1-19(13-7-5-6-12(10-13)11-17)16(20)14-8-3-2-4-9-15(14)18/h5-7,10,14-15H,2-4,8-9,18H2,1H3. The van der Waals surface area contributed by atoms with Crippen molar-refractivity contribution >= 4 is 11.6 Å². The zero-order valence-electron chi connectivity index (χ0n) is 11.9. The SMILES string of the molecule is CN(C(=O)C1CCCCCC1N)c1cccc(C#N)c1. The lowest BCUT2D eigenvalue weighted by Crippen LogP contribution is -2.42. The summed E-state index contributed by atoms with van der Waals surface area (Å²) >= 11 is 0. The van der Waals surface area contributed by atoms with Gasteiger partial charge in [-0.3, -0.25) is 4.79 Å². The van der Waals surface area contributed by atoms with Crippen LogP contribution in [0.3, 0.4) is 0 Å². The minimum absolute atomic E-state index is 0.0494. The highest BCUT2D eigenvalue weighted by atomic mass is 16.2. The molecule has 4 nitrogen and oxygen atoms in total. The van der Waals surface area contributed by atoms with Crippen LogP contribution in [0.15, 0.2) is 24.3 Å². The second-order valence-corrected chi connectivity index (χ2v) is 5.47. The fraction of sp³-hybridized carbons (Fsp3) is 0.500. The Morgan fingerprint density at radius 2 is 2.10 bits per heavy atom. The first-order chi connectivity index (χ1) is 9.63. The molecule has 1 aliphatic carbocycles. The van der Waals surface area contributed by atoms with Crippen LogP contribution in [0.25, 0.3) is 0 Å². The fourth-order valence-electron chi connectivity index (χ4n) is 2.80. The lowest BCUT2D eigenvalue weighted by molar-refractivity contribution is -0.122. The largest absolute Gasteiger partial charge is 0.327 e. The van der Waals surface area contributed by atoms with Gasteiger partial charge < -0.3 is 10.6 Å². The van der Waals surface area contributed by atoms with Gasteiger partial charge in [-0.2, -0.15) is 5.26 Å². The van der Waals surface area contributed by atoms with E-state index in [1.807, 2.05) is 6.07 Å². The quantitative estimate of drug-likeness (QED) is 0.840. The number of anilines is 1. The Balaban J connectivity index is 2.16. The molecule has 1 aliphatic rings. The van der Waals surface area contributed by atoms with E-state index in [0.29, 0.717) is 5.56 Å². The molecule has 1 aromatic rings. The molecule has 0 spiro atoms. The number of nitriles is 1. The van der Waals surface area contributed by atoms with E-state index < -0.39 is 0 Å². The maximum Gasteiger partial charge on any atom is 0.231 e. The van der Waals surface area contributed by atoms with Gasteiger partial charge >= 0.3 is 0 Å². The number of carbonyl (C=O) groups excluding carboxylic acids is 1. The van der Waals surface area contributed by atoms with Crippen molar-refractivity contribution in [1.82, 2.24) is 0 Å². The van der Waals surface area contributed by atoms with E-state index in [9.17, 15) is 4.79 Å². The van der Waals surface area contributed by atoms with Crippen molar-refractivity contribution in [2.45, 2.75) is 38.1 Å². The van der Waals surface area contributed by atoms with Crippen LogP contribution in [-0.4, -0.2) is 19.0 Å². The molecule has 1 saturated carbocycles. The van der Waals surface area contributed by atoms with Crippen LogP contribution in [0.2, 0.25) is 0 Å². The Bertz CT molecular complexity index is 521. The predicted molar refractivity (Wildman–Crippen MR) is 79.1 cm³/mol. The van der Waals surface area contributed by atoms with E-state index in [1.54, 1.807) is 30.1 Å². The van der Waals surface area contributed by atoms with Crippen LogP contribution in [0, 0.1) is 17.2 Å². The monoisotopic (exact) mass is 271 g/mol. The molecule has 1 aromatic carbocycles. The molecule has 106 valence electrons. The van der Waals surface area contributed by atoms with Crippen LogP contribution in [0.1, 0.15) is 37.7 Å². The molecule has 2 rings (SSSR count). The molecule has 4 heteroatoms. The highest BCUT2D eigenvalue weighted by molar-refractivity contribution is 5.95. The Labute approximate surface area is 120 Å². The van der Waals surface area contributed by atoms with Crippen molar-refractivity contribution in [3.63, 3.8) is 0 Å². The summed E-state index contributed by atoms with van der Waals surface area (Å²) in [6.45, 7) is 0. The third-order valence-corrected chi connectivity index (χ3v) is 4.08. The first-order valence-corrected chi connectivity index (χ1v) is 7.17. The van der Waals surface area contributed by atoms with Gasteiger partial charge in [0.15, 0.2) is 0 Å². The van der Waals surface area contributed by atoms with Gasteiger partial charge in [0.05, 0.1) is 17.6 Å². The first-order valence-electron chi connectivity index (χ1n) is 7.17. The molecule has 1 fully saturated rings. The summed E-state index contributed by atoms with van der Waals surface area (Å²) in [6, 6.07) is 9.16. The molecule has 0 bridgehead atoms. The molecule has 0 radical (unpaired) electrons. The molecule has 0 aromatic heterocycles. The number of rotatable bonds is 2. The Hall–Kier alpha value is -1.86. The number of nitrogens with two attached hydrogens (primary N) is 1. The van der Waals surface area contributed by atoms with Crippen molar-refractivity contribution in [3.05, 3.63) is 29.8 Å². The van der Waals surface area contributed by atoms with Crippen LogP contribution < -0.4 is 10.6 Å². The summed E-state index contributed by atoms with van der Waals surface area (Å²) < 4.78 is 0. The van der Waals surface area contributed by atoms with Gasteiger partial charge in [0, 0.05) is 18.8 Å². The van der Waals surface area contributed by atoms with Gasteiger partial charge in [0.25, 0.3) is 0 Å². The van der Waals surface area contributed by atoms with Crippen LogP contribution in [0.5, 0.6) is 0 Å². The second-order valence-electron chi connectivity index (χ2n) is 5.47. The summed E-state index contributed by atoms with van der Waals surface area (Å²) in [5.41, 5.74) is 7.47. The number of hydrogen-bond acceptors (Lipinski definition) is 3. The summed E-state index contributed by atoms with van der Waals surface area (Å²) in [5.74, 6) is -0.0391. The molecule has 2 unspecified atom stereocenters. The molecule has 2 atom stereocenters. The topological polar surface area (TPSA) is 70.1 Å².